The van der Waals surface area contributed by atoms with E-state index in [9.17, 15) is 9.18 Å². The highest BCUT2D eigenvalue weighted by molar-refractivity contribution is 5.90. The smallest absolute Gasteiger partial charge is 0.291 e. The second-order valence-corrected chi connectivity index (χ2v) is 3.73. The van der Waals surface area contributed by atoms with Crippen molar-refractivity contribution in [2.24, 2.45) is 0 Å². The lowest BCUT2D eigenvalue weighted by atomic mass is 10.2. The molecule has 1 amide bonds. The molecule has 2 aromatic rings. The van der Waals surface area contributed by atoms with Gasteiger partial charge in [-0.15, -0.1) is 5.10 Å². The van der Waals surface area contributed by atoms with Gasteiger partial charge in [0, 0.05) is 18.5 Å². The fourth-order valence-corrected chi connectivity index (χ4v) is 1.45. The molecule has 0 spiro atoms. The number of aromatic amines is 1. The number of nitrogens with one attached hydrogen (secondary N) is 2. The van der Waals surface area contributed by atoms with Crippen LogP contribution in [0.15, 0.2) is 24.3 Å². The van der Waals surface area contributed by atoms with E-state index in [1.54, 1.807) is 18.2 Å². The number of nitrogens with zero attached hydrogens (tertiary/aromatic N) is 2. The maximum absolute atomic E-state index is 13.3. The molecule has 0 bridgehead atoms. The van der Waals surface area contributed by atoms with Crippen LogP contribution in [0.2, 0.25) is 0 Å². The number of aryl methyl sites for hydroxylation is 1. The Hall–Kier alpha value is -2.24. The number of hydrogen-bond acceptors (Lipinski definition) is 3. The van der Waals surface area contributed by atoms with Gasteiger partial charge in [-0.05, 0) is 6.07 Å². The van der Waals surface area contributed by atoms with Crippen LogP contribution in [-0.4, -0.2) is 21.1 Å². The van der Waals surface area contributed by atoms with E-state index < -0.39 is 5.91 Å². The Morgan fingerprint density at radius 1 is 1.44 bits per heavy atom. The lowest BCUT2D eigenvalue weighted by Gasteiger charge is -2.03. The summed E-state index contributed by atoms with van der Waals surface area (Å²) in [6.07, 6.45) is 0.674. The third-order valence-corrected chi connectivity index (χ3v) is 2.47. The second kappa shape index (κ2) is 5.39. The standard InChI is InChI=1S/C12H13FN4O/c1-2-10-15-11(17-16-10)12(18)14-7-8-5-3-4-6-9(8)13/h3-6H,2,7H2,1H3,(H,14,18)(H,15,16,17). The summed E-state index contributed by atoms with van der Waals surface area (Å²) < 4.78 is 13.3. The Labute approximate surface area is 103 Å². The number of carbonyl (C=O) groups is 1. The molecule has 0 saturated carbocycles. The Morgan fingerprint density at radius 2 is 2.22 bits per heavy atom. The highest BCUT2D eigenvalue weighted by Crippen LogP contribution is 2.05. The van der Waals surface area contributed by atoms with Gasteiger partial charge in [-0.1, -0.05) is 25.1 Å². The molecule has 1 heterocycles. The number of amides is 1. The van der Waals surface area contributed by atoms with Crippen LogP contribution in [0.5, 0.6) is 0 Å². The quantitative estimate of drug-likeness (QED) is 0.860. The van der Waals surface area contributed by atoms with Crippen LogP contribution < -0.4 is 5.32 Å². The first-order chi connectivity index (χ1) is 8.70. The molecule has 0 saturated heterocycles. The molecule has 94 valence electrons. The van der Waals surface area contributed by atoms with Crippen molar-refractivity contribution in [2.45, 2.75) is 19.9 Å². The number of aromatic nitrogens is 3. The van der Waals surface area contributed by atoms with E-state index in [2.05, 4.69) is 20.5 Å². The molecule has 6 heteroatoms. The maximum Gasteiger partial charge on any atom is 0.291 e. The van der Waals surface area contributed by atoms with Crippen molar-refractivity contribution in [3.8, 4) is 0 Å². The summed E-state index contributed by atoms with van der Waals surface area (Å²) in [7, 11) is 0. The molecule has 0 radical (unpaired) electrons. The highest BCUT2D eigenvalue weighted by Gasteiger charge is 2.12. The molecule has 0 aliphatic heterocycles. The lowest BCUT2D eigenvalue weighted by Crippen LogP contribution is -2.24. The summed E-state index contributed by atoms with van der Waals surface area (Å²) in [6, 6.07) is 6.28. The lowest BCUT2D eigenvalue weighted by molar-refractivity contribution is 0.0940. The summed E-state index contributed by atoms with van der Waals surface area (Å²) in [5, 5.41) is 9.00. The van der Waals surface area contributed by atoms with Crippen molar-refractivity contribution >= 4 is 5.91 Å². The van der Waals surface area contributed by atoms with Gasteiger partial charge >= 0.3 is 0 Å². The van der Waals surface area contributed by atoms with Crippen LogP contribution >= 0.6 is 0 Å². The van der Waals surface area contributed by atoms with Gasteiger partial charge in [0.15, 0.2) is 0 Å². The first-order valence-corrected chi connectivity index (χ1v) is 5.63. The van der Waals surface area contributed by atoms with Crippen molar-refractivity contribution in [2.75, 3.05) is 0 Å². The van der Waals surface area contributed by atoms with Crippen molar-refractivity contribution in [1.29, 1.82) is 0 Å². The third kappa shape index (κ3) is 2.71. The largest absolute Gasteiger partial charge is 0.345 e. The fraction of sp³-hybridized carbons (Fsp3) is 0.250. The Morgan fingerprint density at radius 3 is 2.89 bits per heavy atom. The molecule has 0 atom stereocenters. The monoisotopic (exact) mass is 248 g/mol. The predicted molar refractivity (Wildman–Crippen MR) is 63.3 cm³/mol. The predicted octanol–water partition coefficient (Wildman–Crippen LogP) is 1.44. The van der Waals surface area contributed by atoms with Crippen LogP contribution in [0.1, 0.15) is 28.9 Å². The van der Waals surface area contributed by atoms with Crippen LogP contribution in [0, 0.1) is 5.82 Å². The molecule has 0 unspecified atom stereocenters. The average Bonchev–Trinajstić information content (AvgIpc) is 2.86. The zero-order valence-corrected chi connectivity index (χ0v) is 9.90. The van der Waals surface area contributed by atoms with Crippen LogP contribution in [0.4, 0.5) is 4.39 Å². The Balaban J connectivity index is 1.98. The fourth-order valence-electron chi connectivity index (χ4n) is 1.45. The van der Waals surface area contributed by atoms with Gasteiger partial charge in [0.25, 0.3) is 5.91 Å². The molecule has 1 aromatic heterocycles. The number of hydrogen-bond donors (Lipinski definition) is 2. The molecular weight excluding hydrogens is 235 g/mol. The van der Waals surface area contributed by atoms with Crippen molar-refractivity contribution in [3.63, 3.8) is 0 Å². The molecule has 0 aliphatic carbocycles. The minimum absolute atomic E-state index is 0.0724. The van der Waals surface area contributed by atoms with E-state index in [0.717, 1.165) is 0 Å². The minimum Gasteiger partial charge on any atom is -0.345 e. The first-order valence-electron chi connectivity index (χ1n) is 5.63. The molecule has 18 heavy (non-hydrogen) atoms. The zero-order valence-electron chi connectivity index (χ0n) is 9.90. The Kier molecular flexibility index (Phi) is 3.66. The molecule has 2 N–H and O–H groups in total. The van der Waals surface area contributed by atoms with Gasteiger partial charge in [0.1, 0.15) is 11.6 Å². The topological polar surface area (TPSA) is 70.7 Å². The number of carbonyl (C=O) groups excluding carboxylic acids is 1. The number of rotatable bonds is 4. The number of H-pyrrole nitrogens is 1. The van der Waals surface area contributed by atoms with Crippen molar-refractivity contribution < 1.29 is 9.18 Å². The molecule has 5 nitrogen and oxygen atoms in total. The summed E-state index contributed by atoms with van der Waals surface area (Å²) in [5.74, 6) is -0.0505. The molecule has 1 aromatic carbocycles. The van der Waals surface area contributed by atoms with E-state index in [1.807, 2.05) is 6.92 Å². The van der Waals surface area contributed by atoms with Crippen LogP contribution in [0.25, 0.3) is 0 Å². The zero-order chi connectivity index (χ0) is 13.0. The van der Waals surface area contributed by atoms with E-state index >= 15 is 0 Å². The molecule has 0 fully saturated rings. The van der Waals surface area contributed by atoms with Crippen molar-refractivity contribution in [1.82, 2.24) is 20.5 Å². The summed E-state index contributed by atoms with van der Waals surface area (Å²) in [6.45, 7) is 2.02. The maximum atomic E-state index is 13.3. The van der Waals surface area contributed by atoms with Gasteiger partial charge in [-0.3, -0.25) is 9.89 Å². The van der Waals surface area contributed by atoms with E-state index in [1.165, 1.54) is 6.07 Å². The normalized spacial score (nSPS) is 10.3. The van der Waals surface area contributed by atoms with Crippen LogP contribution in [0.3, 0.4) is 0 Å². The van der Waals surface area contributed by atoms with Gasteiger partial charge in [-0.25, -0.2) is 9.37 Å². The third-order valence-electron chi connectivity index (χ3n) is 2.47. The number of halogens is 1. The SMILES string of the molecule is CCc1nc(C(=O)NCc2ccccc2F)n[nH]1. The number of benzene rings is 1. The van der Waals surface area contributed by atoms with E-state index in [0.29, 0.717) is 17.8 Å². The van der Waals surface area contributed by atoms with Gasteiger partial charge in [-0.2, -0.15) is 0 Å². The summed E-state index contributed by atoms with van der Waals surface area (Å²) in [5.41, 5.74) is 0.428. The summed E-state index contributed by atoms with van der Waals surface area (Å²) >= 11 is 0. The molecular formula is C12H13FN4O. The van der Waals surface area contributed by atoms with Gasteiger partial charge < -0.3 is 5.32 Å². The van der Waals surface area contributed by atoms with Gasteiger partial charge in [0.2, 0.25) is 5.82 Å². The Bertz CT molecular complexity index is 553. The van der Waals surface area contributed by atoms with Crippen molar-refractivity contribution in [3.05, 3.63) is 47.3 Å². The first kappa shape index (κ1) is 12.2. The average molecular weight is 248 g/mol. The second-order valence-electron chi connectivity index (χ2n) is 3.73. The van der Waals surface area contributed by atoms with Crippen LogP contribution in [-0.2, 0) is 13.0 Å². The summed E-state index contributed by atoms with van der Waals surface area (Å²) in [4.78, 5) is 15.7. The van der Waals surface area contributed by atoms with Gasteiger partial charge in [0.05, 0.1) is 0 Å². The highest BCUT2D eigenvalue weighted by atomic mass is 19.1. The molecule has 0 aliphatic rings. The molecule has 2 rings (SSSR count). The van der Waals surface area contributed by atoms with E-state index in [-0.39, 0.29) is 18.2 Å². The minimum atomic E-state index is -0.422. The van der Waals surface area contributed by atoms with E-state index in [4.69, 9.17) is 0 Å².